The molecule has 2 atom stereocenters. The maximum absolute atomic E-state index is 3.85. The van der Waals surface area contributed by atoms with Crippen LogP contribution in [0.1, 0.15) is 38.7 Å². The zero-order valence-corrected chi connectivity index (χ0v) is 12.2. The largest absolute Gasteiger partial charge is 0.307 e. The molecule has 0 aromatic heterocycles. The van der Waals surface area contributed by atoms with Crippen LogP contribution in [-0.2, 0) is 6.54 Å². The number of benzene rings is 1. The zero-order chi connectivity index (χ0) is 13.3. The third kappa shape index (κ3) is 3.18. The highest BCUT2D eigenvalue weighted by atomic mass is 15.2. The Labute approximate surface area is 117 Å². The minimum Gasteiger partial charge on any atom is -0.307 e. The fraction of sp³-hybridized carbons (Fsp3) is 0.647. The Morgan fingerprint density at radius 2 is 2.05 bits per heavy atom. The summed E-state index contributed by atoms with van der Waals surface area (Å²) in [6.45, 7) is 8.27. The van der Waals surface area contributed by atoms with Crippen molar-refractivity contribution in [2.45, 2.75) is 51.2 Å². The number of likely N-dealkylation sites (tertiary alicyclic amines) is 1. The van der Waals surface area contributed by atoms with Crippen molar-refractivity contribution in [2.24, 2.45) is 5.92 Å². The Bertz CT molecular complexity index is 413. The van der Waals surface area contributed by atoms with Crippen LogP contribution in [0.3, 0.4) is 0 Å². The van der Waals surface area contributed by atoms with Gasteiger partial charge in [0.1, 0.15) is 0 Å². The van der Waals surface area contributed by atoms with Crippen LogP contribution >= 0.6 is 0 Å². The van der Waals surface area contributed by atoms with Gasteiger partial charge in [-0.15, -0.1) is 0 Å². The lowest BCUT2D eigenvalue weighted by molar-refractivity contribution is 0.245. The number of hydrogen-bond donors (Lipinski definition) is 1. The highest BCUT2D eigenvalue weighted by molar-refractivity contribution is 5.14. The summed E-state index contributed by atoms with van der Waals surface area (Å²) in [5.74, 6) is 0.885. The van der Waals surface area contributed by atoms with Crippen LogP contribution in [0.4, 0.5) is 0 Å². The predicted octanol–water partition coefficient (Wildman–Crippen LogP) is 3.04. The molecule has 1 N–H and O–H groups in total. The van der Waals surface area contributed by atoms with E-state index in [2.05, 4.69) is 54.4 Å². The van der Waals surface area contributed by atoms with E-state index in [1.807, 2.05) is 0 Å². The van der Waals surface area contributed by atoms with Gasteiger partial charge < -0.3 is 5.32 Å². The molecule has 2 nitrogen and oxygen atoms in total. The Hall–Kier alpha value is -0.860. The van der Waals surface area contributed by atoms with E-state index >= 15 is 0 Å². The molecule has 2 fully saturated rings. The van der Waals surface area contributed by atoms with E-state index in [0.29, 0.717) is 11.6 Å². The molecule has 3 rings (SSSR count). The summed E-state index contributed by atoms with van der Waals surface area (Å²) in [6, 6.07) is 11.6. The fourth-order valence-corrected chi connectivity index (χ4v) is 3.91. The fourth-order valence-electron chi connectivity index (χ4n) is 3.91. The Balaban J connectivity index is 1.65. The van der Waals surface area contributed by atoms with E-state index in [4.69, 9.17) is 0 Å². The minimum atomic E-state index is 0.338. The van der Waals surface area contributed by atoms with Gasteiger partial charge in [0, 0.05) is 24.7 Å². The summed E-state index contributed by atoms with van der Waals surface area (Å²) in [5, 5.41) is 3.85. The molecular weight excluding hydrogens is 232 g/mol. The summed E-state index contributed by atoms with van der Waals surface area (Å²) in [6.07, 6.45) is 4.09. The van der Waals surface area contributed by atoms with Gasteiger partial charge in [0.15, 0.2) is 0 Å². The molecule has 0 radical (unpaired) electrons. The lowest BCUT2D eigenvalue weighted by Crippen LogP contribution is -2.44. The smallest absolute Gasteiger partial charge is 0.0234 e. The molecule has 0 aliphatic carbocycles. The van der Waals surface area contributed by atoms with Crippen molar-refractivity contribution in [3.63, 3.8) is 0 Å². The first-order valence-electron chi connectivity index (χ1n) is 7.66. The Kier molecular flexibility index (Phi) is 3.64. The SMILES string of the molecule is CC1(C)CC2CCCN(Cc3ccccc3)CC2N1. The van der Waals surface area contributed by atoms with E-state index in [9.17, 15) is 0 Å². The van der Waals surface area contributed by atoms with Crippen molar-refractivity contribution in [3.05, 3.63) is 35.9 Å². The third-order valence-corrected chi connectivity index (χ3v) is 4.67. The summed E-state index contributed by atoms with van der Waals surface area (Å²) >= 11 is 0. The molecule has 1 aromatic carbocycles. The van der Waals surface area contributed by atoms with Gasteiger partial charge >= 0.3 is 0 Å². The van der Waals surface area contributed by atoms with Crippen molar-refractivity contribution < 1.29 is 0 Å². The number of nitrogens with zero attached hydrogens (tertiary/aromatic N) is 1. The molecule has 104 valence electrons. The molecule has 2 heterocycles. The molecule has 2 heteroatoms. The topological polar surface area (TPSA) is 15.3 Å². The minimum absolute atomic E-state index is 0.338. The summed E-state index contributed by atoms with van der Waals surface area (Å²) < 4.78 is 0. The number of rotatable bonds is 2. The van der Waals surface area contributed by atoms with Crippen molar-refractivity contribution in [1.29, 1.82) is 0 Å². The van der Waals surface area contributed by atoms with Gasteiger partial charge in [0.2, 0.25) is 0 Å². The second-order valence-corrected chi connectivity index (χ2v) is 6.96. The average Bonchev–Trinajstić information content (AvgIpc) is 2.53. The molecule has 0 spiro atoms. The number of fused-ring (bicyclic) bond motifs is 1. The van der Waals surface area contributed by atoms with Gasteiger partial charge in [-0.2, -0.15) is 0 Å². The van der Waals surface area contributed by atoms with Gasteiger partial charge in [-0.3, -0.25) is 4.90 Å². The first-order valence-corrected chi connectivity index (χ1v) is 7.66. The van der Waals surface area contributed by atoms with E-state index in [0.717, 1.165) is 12.5 Å². The van der Waals surface area contributed by atoms with E-state index in [1.165, 1.54) is 37.9 Å². The van der Waals surface area contributed by atoms with Gasteiger partial charge in [-0.25, -0.2) is 0 Å². The highest BCUT2D eigenvalue weighted by Gasteiger charge is 2.39. The van der Waals surface area contributed by atoms with Crippen molar-refractivity contribution >= 4 is 0 Å². The van der Waals surface area contributed by atoms with Gasteiger partial charge in [0.05, 0.1) is 0 Å². The maximum atomic E-state index is 3.85. The lowest BCUT2D eigenvalue weighted by atomic mass is 9.91. The predicted molar refractivity (Wildman–Crippen MR) is 80.1 cm³/mol. The molecule has 2 saturated heterocycles. The van der Waals surface area contributed by atoms with Crippen molar-refractivity contribution in [2.75, 3.05) is 13.1 Å². The second kappa shape index (κ2) is 5.26. The van der Waals surface area contributed by atoms with Crippen LogP contribution < -0.4 is 5.32 Å². The average molecular weight is 258 g/mol. The van der Waals surface area contributed by atoms with Crippen LogP contribution in [0, 0.1) is 5.92 Å². The molecule has 0 saturated carbocycles. The molecule has 2 unspecified atom stereocenters. The van der Waals surface area contributed by atoms with Gasteiger partial charge in [-0.1, -0.05) is 30.3 Å². The molecule has 19 heavy (non-hydrogen) atoms. The quantitative estimate of drug-likeness (QED) is 0.877. The zero-order valence-electron chi connectivity index (χ0n) is 12.2. The first kappa shape index (κ1) is 13.1. The Morgan fingerprint density at radius 1 is 1.26 bits per heavy atom. The molecule has 2 aliphatic heterocycles. The molecule has 1 aromatic rings. The van der Waals surface area contributed by atoms with Crippen LogP contribution in [-0.4, -0.2) is 29.6 Å². The number of hydrogen-bond acceptors (Lipinski definition) is 2. The van der Waals surface area contributed by atoms with E-state index in [1.54, 1.807) is 0 Å². The third-order valence-electron chi connectivity index (χ3n) is 4.67. The summed E-state index contributed by atoms with van der Waals surface area (Å²) in [4.78, 5) is 2.63. The molecule has 0 amide bonds. The Morgan fingerprint density at radius 3 is 2.84 bits per heavy atom. The standard InChI is InChI=1S/C17H26N2/c1-17(2)11-15-9-6-10-19(13-16(15)18-17)12-14-7-4-3-5-8-14/h3-5,7-8,15-16,18H,6,9-13H2,1-2H3. The highest BCUT2D eigenvalue weighted by Crippen LogP contribution is 2.34. The monoisotopic (exact) mass is 258 g/mol. The number of nitrogens with one attached hydrogen (secondary N) is 1. The normalized spacial score (nSPS) is 30.8. The summed E-state index contributed by atoms with van der Waals surface area (Å²) in [7, 11) is 0. The molecular formula is C17H26N2. The maximum Gasteiger partial charge on any atom is 0.0234 e. The molecule has 0 bridgehead atoms. The second-order valence-electron chi connectivity index (χ2n) is 6.96. The van der Waals surface area contributed by atoms with Crippen molar-refractivity contribution in [1.82, 2.24) is 10.2 Å². The molecule has 2 aliphatic rings. The van der Waals surface area contributed by atoms with Gasteiger partial charge in [0.25, 0.3) is 0 Å². The van der Waals surface area contributed by atoms with Crippen LogP contribution in [0.5, 0.6) is 0 Å². The van der Waals surface area contributed by atoms with Gasteiger partial charge in [-0.05, 0) is 51.1 Å². The van der Waals surface area contributed by atoms with E-state index < -0.39 is 0 Å². The van der Waals surface area contributed by atoms with Crippen molar-refractivity contribution in [3.8, 4) is 0 Å². The van der Waals surface area contributed by atoms with Crippen LogP contribution in [0.15, 0.2) is 30.3 Å². The van der Waals surface area contributed by atoms with Crippen LogP contribution in [0.2, 0.25) is 0 Å². The van der Waals surface area contributed by atoms with Crippen LogP contribution in [0.25, 0.3) is 0 Å². The van der Waals surface area contributed by atoms with E-state index in [-0.39, 0.29) is 0 Å². The first-order chi connectivity index (χ1) is 9.12. The summed E-state index contributed by atoms with van der Waals surface area (Å²) in [5.41, 5.74) is 1.78. The lowest BCUT2D eigenvalue weighted by Gasteiger charge is -2.26.